The second-order valence-electron chi connectivity index (χ2n) is 7.98. The first-order chi connectivity index (χ1) is 16.7. The van der Waals surface area contributed by atoms with E-state index in [1.807, 2.05) is 30.3 Å². The van der Waals surface area contributed by atoms with E-state index in [1.54, 1.807) is 18.2 Å². The molecule has 0 atom stereocenters. The van der Waals surface area contributed by atoms with Crippen molar-refractivity contribution in [1.82, 2.24) is 9.29 Å². The molecule has 0 unspecified atom stereocenters. The van der Waals surface area contributed by atoms with Crippen molar-refractivity contribution in [1.29, 1.82) is 0 Å². The van der Waals surface area contributed by atoms with E-state index in [1.165, 1.54) is 6.20 Å². The minimum absolute atomic E-state index is 0.0644. The SMILES string of the molecule is O=C1C=C(c2cn(S(=O)(=O)c3ccc([N+](=O)[O-])cc3)c3ccc(Cc4ccccc4)cc23)C(=O)N1. The van der Waals surface area contributed by atoms with E-state index in [0.29, 0.717) is 22.9 Å². The maximum Gasteiger partial charge on any atom is 0.269 e. The van der Waals surface area contributed by atoms with E-state index in [2.05, 4.69) is 5.32 Å². The third-order valence-electron chi connectivity index (χ3n) is 5.74. The number of rotatable bonds is 6. The number of carbonyl (C=O) groups is 2. The Bertz CT molecular complexity index is 1650. The summed E-state index contributed by atoms with van der Waals surface area (Å²) in [6, 6.07) is 19.5. The van der Waals surface area contributed by atoms with Crippen molar-refractivity contribution in [2.24, 2.45) is 0 Å². The van der Waals surface area contributed by atoms with Crippen LogP contribution in [0.5, 0.6) is 0 Å². The molecule has 2 heterocycles. The fourth-order valence-electron chi connectivity index (χ4n) is 4.07. The number of imide groups is 1. The highest BCUT2D eigenvalue weighted by Crippen LogP contribution is 2.33. The molecule has 10 heteroatoms. The predicted octanol–water partition coefficient (Wildman–Crippen LogP) is 3.42. The van der Waals surface area contributed by atoms with Gasteiger partial charge in [0.15, 0.2) is 0 Å². The molecule has 5 rings (SSSR count). The van der Waals surface area contributed by atoms with Crippen LogP contribution in [-0.4, -0.2) is 29.1 Å². The molecule has 0 radical (unpaired) electrons. The standard InChI is InChI=1S/C25H17N3O6S/c29-24-14-21(25(30)26-24)22-15-27(35(33,34)19-9-7-18(8-10-19)28(31)32)23-11-6-17(13-20(22)23)12-16-4-2-1-3-5-16/h1-11,13-15H,12H2,(H,26,29,30). The number of aromatic nitrogens is 1. The Morgan fingerprint density at radius 1 is 0.914 bits per heavy atom. The average Bonchev–Trinajstić information content (AvgIpc) is 3.38. The van der Waals surface area contributed by atoms with Gasteiger partial charge in [-0.1, -0.05) is 36.4 Å². The van der Waals surface area contributed by atoms with Crippen LogP contribution in [0.15, 0.2) is 90.0 Å². The van der Waals surface area contributed by atoms with E-state index in [9.17, 15) is 28.1 Å². The van der Waals surface area contributed by atoms with Gasteiger partial charge in [0.05, 0.1) is 20.9 Å². The summed E-state index contributed by atoms with van der Waals surface area (Å²) in [5.41, 5.74) is 2.38. The van der Waals surface area contributed by atoms with Crippen molar-refractivity contribution in [3.8, 4) is 0 Å². The Hall–Kier alpha value is -4.57. The van der Waals surface area contributed by atoms with Gasteiger partial charge in [-0.05, 0) is 41.8 Å². The van der Waals surface area contributed by atoms with Gasteiger partial charge in [-0.3, -0.25) is 25.0 Å². The molecule has 0 saturated heterocycles. The minimum atomic E-state index is -4.17. The Morgan fingerprint density at radius 3 is 2.26 bits per heavy atom. The molecule has 1 N–H and O–H groups in total. The molecule has 0 saturated carbocycles. The molecule has 174 valence electrons. The van der Waals surface area contributed by atoms with E-state index in [4.69, 9.17) is 0 Å². The highest BCUT2D eigenvalue weighted by atomic mass is 32.2. The zero-order chi connectivity index (χ0) is 24.7. The van der Waals surface area contributed by atoms with Crippen molar-refractivity contribution >= 4 is 44.0 Å². The van der Waals surface area contributed by atoms with Crippen molar-refractivity contribution in [3.63, 3.8) is 0 Å². The summed E-state index contributed by atoms with van der Waals surface area (Å²) in [5.74, 6) is -1.19. The van der Waals surface area contributed by atoms with E-state index in [-0.39, 0.29) is 16.2 Å². The summed E-state index contributed by atoms with van der Waals surface area (Å²) in [6.07, 6.45) is 3.03. The van der Waals surface area contributed by atoms with Crippen LogP contribution < -0.4 is 5.32 Å². The van der Waals surface area contributed by atoms with Gasteiger partial charge >= 0.3 is 0 Å². The number of nitro benzene ring substituents is 1. The van der Waals surface area contributed by atoms with Crippen LogP contribution in [0.3, 0.4) is 0 Å². The lowest BCUT2D eigenvalue weighted by atomic mass is 10.00. The topological polar surface area (TPSA) is 128 Å². The van der Waals surface area contributed by atoms with Crippen LogP contribution >= 0.6 is 0 Å². The summed E-state index contributed by atoms with van der Waals surface area (Å²) in [4.78, 5) is 34.4. The highest BCUT2D eigenvalue weighted by molar-refractivity contribution is 7.90. The number of carbonyl (C=O) groups excluding carboxylic acids is 2. The normalized spacial score (nSPS) is 13.7. The second kappa shape index (κ2) is 8.33. The van der Waals surface area contributed by atoms with Crippen LogP contribution in [-0.2, 0) is 26.0 Å². The molecule has 1 aromatic heterocycles. The smallest absolute Gasteiger partial charge is 0.269 e. The molecule has 0 aliphatic carbocycles. The molecule has 1 aliphatic rings. The molecule has 1 aliphatic heterocycles. The van der Waals surface area contributed by atoms with Crippen molar-refractivity contribution in [3.05, 3.63) is 112 Å². The Morgan fingerprint density at radius 2 is 1.63 bits per heavy atom. The Kier molecular flexibility index (Phi) is 5.29. The molecular weight excluding hydrogens is 470 g/mol. The molecule has 4 aromatic rings. The lowest BCUT2D eigenvalue weighted by Gasteiger charge is -2.08. The van der Waals surface area contributed by atoms with Crippen LogP contribution in [0.4, 0.5) is 5.69 Å². The molecule has 0 spiro atoms. The Labute approximate surface area is 199 Å². The fourth-order valence-corrected chi connectivity index (χ4v) is 5.44. The first-order valence-electron chi connectivity index (χ1n) is 10.5. The summed E-state index contributed by atoms with van der Waals surface area (Å²) >= 11 is 0. The van der Waals surface area contributed by atoms with Gasteiger partial charge < -0.3 is 0 Å². The molecule has 2 amide bonds. The minimum Gasteiger partial charge on any atom is -0.289 e. The lowest BCUT2D eigenvalue weighted by molar-refractivity contribution is -0.384. The number of fused-ring (bicyclic) bond motifs is 1. The maximum atomic E-state index is 13.5. The molecule has 0 fully saturated rings. The van der Waals surface area contributed by atoms with Crippen LogP contribution in [0.1, 0.15) is 16.7 Å². The van der Waals surface area contributed by atoms with Crippen LogP contribution in [0.25, 0.3) is 16.5 Å². The highest BCUT2D eigenvalue weighted by Gasteiger charge is 2.28. The van der Waals surface area contributed by atoms with E-state index < -0.39 is 26.8 Å². The number of nitrogens with zero attached hydrogens (tertiary/aromatic N) is 2. The van der Waals surface area contributed by atoms with Crippen molar-refractivity contribution in [2.45, 2.75) is 11.3 Å². The quantitative estimate of drug-likeness (QED) is 0.252. The zero-order valence-electron chi connectivity index (χ0n) is 18.0. The van der Waals surface area contributed by atoms with E-state index in [0.717, 1.165) is 45.4 Å². The Balaban J connectivity index is 1.68. The number of hydrogen-bond donors (Lipinski definition) is 1. The van der Waals surface area contributed by atoms with Crippen molar-refractivity contribution < 1.29 is 22.9 Å². The zero-order valence-corrected chi connectivity index (χ0v) is 18.9. The molecule has 0 bridgehead atoms. The monoisotopic (exact) mass is 487 g/mol. The van der Waals surface area contributed by atoms with Gasteiger partial charge in [-0.15, -0.1) is 0 Å². The maximum absolute atomic E-state index is 13.5. The molecule has 9 nitrogen and oxygen atoms in total. The van der Waals surface area contributed by atoms with Gasteiger partial charge in [0.1, 0.15) is 0 Å². The summed E-state index contributed by atoms with van der Waals surface area (Å²) < 4.78 is 28.0. The summed E-state index contributed by atoms with van der Waals surface area (Å²) in [7, 11) is -4.17. The summed E-state index contributed by atoms with van der Waals surface area (Å²) in [5, 5.41) is 13.6. The number of amides is 2. The van der Waals surface area contributed by atoms with Gasteiger partial charge in [0, 0.05) is 35.4 Å². The number of hydrogen-bond acceptors (Lipinski definition) is 6. The number of non-ortho nitro benzene ring substituents is 1. The number of nitro groups is 1. The largest absolute Gasteiger partial charge is 0.289 e. The third-order valence-corrected chi connectivity index (χ3v) is 7.43. The van der Waals surface area contributed by atoms with E-state index >= 15 is 0 Å². The third kappa shape index (κ3) is 4.00. The molecule has 3 aromatic carbocycles. The van der Waals surface area contributed by atoms with Crippen molar-refractivity contribution in [2.75, 3.05) is 0 Å². The van der Waals surface area contributed by atoms with Gasteiger partial charge in [0.2, 0.25) is 0 Å². The fraction of sp³-hybridized carbons (Fsp3) is 0.0400. The average molecular weight is 487 g/mol. The first kappa shape index (κ1) is 22.2. The number of nitrogens with one attached hydrogen (secondary N) is 1. The number of benzene rings is 3. The summed E-state index contributed by atoms with van der Waals surface area (Å²) in [6.45, 7) is 0. The lowest BCUT2D eigenvalue weighted by Crippen LogP contribution is -2.21. The van der Waals surface area contributed by atoms with Crippen LogP contribution in [0.2, 0.25) is 0 Å². The van der Waals surface area contributed by atoms with Gasteiger partial charge in [0.25, 0.3) is 27.5 Å². The molecular formula is C25H17N3O6S. The molecule has 35 heavy (non-hydrogen) atoms. The first-order valence-corrected chi connectivity index (χ1v) is 11.9. The van der Waals surface area contributed by atoms with Gasteiger partial charge in [-0.25, -0.2) is 12.4 Å². The second-order valence-corrected chi connectivity index (χ2v) is 9.80. The predicted molar refractivity (Wildman–Crippen MR) is 128 cm³/mol. The van der Waals surface area contributed by atoms with Gasteiger partial charge in [-0.2, -0.15) is 0 Å². The van der Waals surface area contributed by atoms with Crippen LogP contribution in [0, 0.1) is 10.1 Å².